The van der Waals surface area contributed by atoms with Gasteiger partial charge in [-0.05, 0) is 42.3 Å². The van der Waals surface area contributed by atoms with Crippen molar-refractivity contribution in [3.8, 4) is 0 Å². The first-order valence-corrected chi connectivity index (χ1v) is 8.81. The molecule has 0 aliphatic carbocycles. The lowest BCUT2D eigenvalue weighted by molar-refractivity contribution is -0.119. The van der Waals surface area contributed by atoms with Crippen LogP contribution in [-0.2, 0) is 11.2 Å². The summed E-state index contributed by atoms with van der Waals surface area (Å²) in [6, 6.07) is 8.34. The minimum absolute atomic E-state index is 0.00803. The molecule has 2 aromatic rings. The fraction of sp³-hybridized carbons (Fsp3) is 0.333. The number of hydrogen-bond acceptors (Lipinski definition) is 2. The van der Waals surface area contributed by atoms with Crippen molar-refractivity contribution in [2.24, 2.45) is 10.9 Å². The summed E-state index contributed by atoms with van der Waals surface area (Å²) in [5.41, 5.74) is 1.20. The van der Waals surface area contributed by atoms with Crippen LogP contribution in [0.2, 0.25) is 0 Å². The maximum atomic E-state index is 14.5. The minimum Gasteiger partial charge on any atom is -0.373 e. The number of Topliss-reactive ketones (excluding diaryl/α,β-unsaturated/α-hetero) is 1. The molecular weight excluding hydrogens is 353 g/mol. The molecule has 2 atom stereocenters. The predicted molar refractivity (Wildman–Crippen MR) is 98.4 cm³/mol. The van der Waals surface area contributed by atoms with Crippen molar-refractivity contribution in [3.63, 3.8) is 0 Å². The first kappa shape index (κ1) is 19.1. The highest BCUT2D eigenvalue weighted by atomic mass is 19.1. The van der Waals surface area contributed by atoms with Crippen LogP contribution in [0.4, 0.5) is 13.2 Å². The summed E-state index contributed by atoms with van der Waals surface area (Å²) in [7, 11) is 1.59. The summed E-state index contributed by atoms with van der Waals surface area (Å²) in [6.07, 6.45) is 0.244. The third-order valence-electron chi connectivity index (χ3n) is 4.94. The van der Waals surface area contributed by atoms with Crippen molar-refractivity contribution in [2.75, 3.05) is 13.6 Å². The number of nitrogens with zero attached hydrogens (tertiary/aromatic N) is 1. The largest absolute Gasteiger partial charge is 0.373 e. The van der Waals surface area contributed by atoms with E-state index < -0.39 is 23.5 Å². The molecule has 142 valence electrons. The molecule has 27 heavy (non-hydrogen) atoms. The summed E-state index contributed by atoms with van der Waals surface area (Å²) in [6.45, 7) is 1.95. The van der Waals surface area contributed by atoms with E-state index in [9.17, 15) is 18.0 Å². The number of halogens is 3. The summed E-state index contributed by atoms with van der Waals surface area (Å²) in [4.78, 5) is 16.7. The molecule has 0 bridgehead atoms. The lowest BCUT2D eigenvalue weighted by Gasteiger charge is -2.20. The Bertz CT molecular complexity index is 854. The van der Waals surface area contributed by atoms with Crippen LogP contribution in [-0.4, -0.2) is 25.2 Å². The van der Waals surface area contributed by atoms with Crippen LogP contribution in [0, 0.1) is 30.3 Å². The molecule has 1 N–H and O–H groups in total. The number of rotatable bonds is 5. The Hall–Kier alpha value is -2.63. The zero-order chi connectivity index (χ0) is 19.6. The topological polar surface area (TPSA) is 41.5 Å². The van der Waals surface area contributed by atoms with E-state index in [4.69, 9.17) is 0 Å². The van der Waals surface area contributed by atoms with E-state index in [1.165, 1.54) is 24.3 Å². The van der Waals surface area contributed by atoms with Gasteiger partial charge in [-0.15, -0.1) is 0 Å². The average molecular weight is 374 g/mol. The SMILES string of the molecule is CN=C1NC[C@@H](c2c(F)cc(C)cc2F)[C@@H]1CC(=O)Cc1ccc(F)cc1. The molecular formula is C21H21F3N2O. The van der Waals surface area contributed by atoms with Gasteiger partial charge < -0.3 is 5.32 Å². The number of amidine groups is 1. The maximum Gasteiger partial charge on any atom is 0.138 e. The number of aliphatic imine (C=N–C) groups is 1. The lowest BCUT2D eigenvalue weighted by atomic mass is 9.83. The Morgan fingerprint density at radius 3 is 2.37 bits per heavy atom. The predicted octanol–water partition coefficient (Wildman–Crippen LogP) is 3.95. The molecule has 0 unspecified atom stereocenters. The molecule has 0 radical (unpaired) electrons. The van der Waals surface area contributed by atoms with Gasteiger partial charge in [0.2, 0.25) is 0 Å². The lowest BCUT2D eigenvalue weighted by Crippen LogP contribution is -2.24. The van der Waals surface area contributed by atoms with E-state index in [1.54, 1.807) is 26.1 Å². The summed E-state index contributed by atoms with van der Waals surface area (Å²) in [5.74, 6) is -2.02. The van der Waals surface area contributed by atoms with Crippen LogP contribution >= 0.6 is 0 Å². The van der Waals surface area contributed by atoms with Gasteiger partial charge in [0.15, 0.2) is 0 Å². The Balaban J connectivity index is 1.82. The standard InChI is InChI=1S/C21H21F3N2O/c1-12-7-18(23)20(19(24)8-12)17-11-26-21(25-2)16(17)10-15(27)9-13-3-5-14(22)6-4-13/h3-8,16-17H,9-11H2,1-2H3,(H,25,26)/t16-,17+/m0/s1. The van der Waals surface area contributed by atoms with E-state index in [0.29, 0.717) is 23.5 Å². The van der Waals surface area contributed by atoms with Crippen LogP contribution in [0.15, 0.2) is 41.4 Å². The molecule has 2 aromatic carbocycles. The van der Waals surface area contributed by atoms with Crippen molar-refractivity contribution < 1.29 is 18.0 Å². The second-order valence-corrected chi connectivity index (χ2v) is 6.89. The minimum atomic E-state index is -0.604. The molecule has 0 amide bonds. The van der Waals surface area contributed by atoms with Crippen LogP contribution in [0.25, 0.3) is 0 Å². The number of nitrogens with one attached hydrogen (secondary N) is 1. The Kier molecular flexibility index (Phi) is 5.63. The first-order valence-electron chi connectivity index (χ1n) is 8.81. The van der Waals surface area contributed by atoms with Gasteiger partial charge in [0.1, 0.15) is 29.1 Å². The highest BCUT2D eigenvalue weighted by molar-refractivity contribution is 5.93. The second kappa shape index (κ2) is 7.94. The average Bonchev–Trinajstić information content (AvgIpc) is 2.98. The fourth-order valence-electron chi connectivity index (χ4n) is 3.68. The number of hydrogen-bond donors (Lipinski definition) is 1. The Morgan fingerprint density at radius 2 is 1.78 bits per heavy atom. The van der Waals surface area contributed by atoms with E-state index in [-0.39, 0.29) is 30.0 Å². The van der Waals surface area contributed by atoms with E-state index in [2.05, 4.69) is 10.3 Å². The van der Waals surface area contributed by atoms with Gasteiger partial charge >= 0.3 is 0 Å². The number of carbonyl (C=O) groups excluding carboxylic acids is 1. The van der Waals surface area contributed by atoms with E-state index in [1.807, 2.05) is 0 Å². The molecule has 1 aliphatic heterocycles. The maximum absolute atomic E-state index is 14.5. The molecule has 1 aliphatic rings. The van der Waals surface area contributed by atoms with Gasteiger partial charge in [0.05, 0.1) is 0 Å². The molecule has 3 rings (SSSR count). The number of aryl methyl sites for hydroxylation is 1. The molecule has 3 nitrogen and oxygen atoms in total. The number of ketones is 1. The van der Waals surface area contributed by atoms with Crippen LogP contribution in [0.1, 0.15) is 29.0 Å². The van der Waals surface area contributed by atoms with Crippen LogP contribution in [0.5, 0.6) is 0 Å². The molecule has 6 heteroatoms. The monoisotopic (exact) mass is 374 g/mol. The van der Waals surface area contributed by atoms with Crippen LogP contribution < -0.4 is 5.32 Å². The van der Waals surface area contributed by atoms with Crippen molar-refractivity contribution in [1.82, 2.24) is 5.32 Å². The summed E-state index contributed by atoms with van der Waals surface area (Å²) < 4.78 is 41.9. The van der Waals surface area contributed by atoms with Crippen LogP contribution in [0.3, 0.4) is 0 Å². The van der Waals surface area contributed by atoms with Crippen molar-refractivity contribution in [2.45, 2.75) is 25.7 Å². The third-order valence-corrected chi connectivity index (χ3v) is 4.94. The number of benzene rings is 2. The van der Waals surface area contributed by atoms with Gasteiger partial charge in [0, 0.05) is 43.8 Å². The van der Waals surface area contributed by atoms with Gasteiger partial charge in [-0.2, -0.15) is 0 Å². The highest BCUT2D eigenvalue weighted by Gasteiger charge is 2.38. The molecule has 0 saturated carbocycles. The Labute approximate surface area is 156 Å². The first-order chi connectivity index (χ1) is 12.9. The van der Waals surface area contributed by atoms with Gasteiger partial charge in [-0.3, -0.25) is 9.79 Å². The zero-order valence-electron chi connectivity index (χ0n) is 15.2. The van der Waals surface area contributed by atoms with Crippen molar-refractivity contribution in [3.05, 3.63) is 70.5 Å². The third kappa shape index (κ3) is 4.21. The van der Waals surface area contributed by atoms with E-state index in [0.717, 1.165) is 0 Å². The highest BCUT2D eigenvalue weighted by Crippen LogP contribution is 2.35. The Morgan fingerprint density at radius 1 is 1.15 bits per heavy atom. The molecule has 0 aromatic heterocycles. The van der Waals surface area contributed by atoms with E-state index >= 15 is 0 Å². The molecule has 1 fully saturated rings. The zero-order valence-corrected chi connectivity index (χ0v) is 15.2. The molecule has 0 spiro atoms. The number of carbonyl (C=O) groups is 1. The molecule has 1 saturated heterocycles. The second-order valence-electron chi connectivity index (χ2n) is 6.89. The van der Waals surface area contributed by atoms with Crippen molar-refractivity contribution >= 4 is 11.6 Å². The van der Waals surface area contributed by atoms with Gasteiger partial charge in [-0.1, -0.05) is 12.1 Å². The van der Waals surface area contributed by atoms with Crippen molar-refractivity contribution in [1.29, 1.82) is 0 Å². The normalized spacial score (nSPS) is 20.7. The van der Waals surface area contributed by atoms with Gasteiger partial charge in [0.25, 0.3) is 0 Å². The smallest absolute Gasteiger partial charge is 0.138 e. The molecule has 1 heterocycles. The van der Waals surface area contributed by atoms with Gasteiger partial charge in [-0.25, -0.2) is 13.2 Å². The quantitative estimate of drug-likeness (QED) is 0.861. The fourth-order valence-corrected chi connectivity index (χ4v) is 3.68. The summed E-state index contributed by atoms with van der Waals surface area (Å²) in [5, 5.41) is 3.07. The summed E-state index contributed by atoms with van der Waals surface area (Å²) >= 11 is 0.